The quantitative estimate of drug-likeness (QED) is 0.103. The summed E-state index contributed by atoms with van der Waals surface area (Å²) in [6.07, 6.45) is 0. The van der Waals surface area contributed by atoms with Crippen molar-refractivity contribution in [3.05, 3.63) is 170 Å². The Morgan fingerprint density at radius 2 is 0.560 bits per heavy atom. The zero-order valence-corrected chi connectivity index (χ0v) is 29.2. The Morgan fingerprint density at radius 1 is 0.280 bits per heavy atom. The van der Waals surface area contributed by atoms with Crippen molar-refractivity contribution in [3.63, 3.8) is 0 Å². The second kappa shape index (κ2) is 13.3. The fraction of sp³-hybridized carbons (Fsp3) is 0. The Balaban J connectivity index is 1.51. The molecule has 0 aliphatic carbocycles. The second-order valence-corrected chi connectivity index (χ2v) is 16.8. The molecule has 8 aromatic carbocycles. The van der Waals surface area contributed by atoms with E-state index < -0.39 is 15.8 Å². The van der Waals surface area contributed by atoms with Gasteiger partial charge in [-0.05, 0) is 129 Å². The van der Waals surface area contributed by atoms with Crippen LogP contribution in [-0.4, -0.2) is 0 Å². The molecule has 0 bridgehead atoms. The molecule has 0 amide bonds. The molecule has 6 heteroatoms. The van der Waals surface area contributed by atoms with Gasteiger partial charge in [-0.15, -0.1) is 0 Å². The minimum atomic E-state index is -1.03. The van der Waals surface area contributed by atoms with Crippen LogP contribution in [0.25, 0.3) is 32.7 Å². The van der Waals surface area contributed by atoms with Crippen LogP contribution in [0.5, 0.6) is 0 Å². The third kappa shape index (κ3) is 5.94. The number of hydrogen-bond acceptors (Lipinski definition) is 4. The first-order valence-electron chi connectivity index (χ1n) is 16.5. The topological polar surface area (TPSA) is 104 Å². The van der Waals surface area contributed by atoms with Crippen molar-refractivity contribution in [2.24, 2.45) is 0 Å². The molecule has 50 heavy (non-hydrogen) atoms. The monoisotopic (exact) mass is 682 g/mol. The predicted octanol–water partition coefficient (Wildman–Crippen LogP) is 7.51. The standard InChI is InChI=1S/C44H36N4P2/c45-31-11-19-35(20-12-31)49(36-21-13-32(46)14-22-36)41-27-9-29-5-1-3-7-39(29)43(41)44-40-8-4-2-6-30(40)10-28-42(44)50(37-23-15-33(47)16-24-37)38-25-17-34(48)18-26-38/h1-28H,45-48H2. The number of nitrogens with two attached hydrogens (primary N) is 4. The molecule has 0 saturated heterocycles. The molecule has 0 unspecified atom stereocenters. The third-order valence-corrected chi connectivity index (χ3v) is 14.1. The fourth-order valence-corrected chi connectivity index (χ4v) is 11.6. The van der Waals surface area contributed by atoms with Crippen LogP contribution in [0.2, 0.25) is 0 Å². The van der Waals surface area contributed by atoms with Gasteiger partial charge in [0, 0.05) is 22.7 Å². The lowest BCUT2D eigenvalue weighted by Crippen LogP contribution is -2.26. The summed E-state index contributed by atoms with van der Waals surface area (Å²) in [6.45, 7) is 0. The van der Waals surface area contributed by atoms with Gasteiger partial charge in [-0.2, -0.15) is 0 Å². The van der Waals surface area contributed by atoms with E-state index in [1.807, 2.05) is 48.5 Å². The second-order valence-electron chi connectivity index (χ2n) is 12.4. The zero-order chi connectivity index (χ0) is 34.2. The van der Waals surface area contributed by atoms with Gasteiger partial charge in [-0.1, -0.05) is 121 Å². The number of benzene rings is 8. The van der Waals surface area contributed by atoms with Gasteiger partial charge in [0.25, 0.3) is 0 Å². The van der Waals surface area contributed by atoms with Crippen molar-refractivity contribution in [1.82, 2.24) is 0 Å². The average Bonchev–Trinajstić information content (AvgIpc) is 3.15. The summed E-state index contributed by atoms with van der Waals surface area (Å²) in [5, 5.41) is 12.2. The van der Waals surface area contributed by atoms with Gasteiger partial charge in [-0.3, -0.25) is 0 Å². The van der Waals surface area contributed by atoms with E-state index in [1.165, 1.54) is 64.5 Å². The lowest BCUT2D eigenvalue weighted by atomic mass is 9.93. The maximum atomic E-state index is 6.24. The van der Waals surface area contributed by atoms with Crippen molar-refractivity contribution in [1.29, 1.82) is 0 Å². The molecule has 0 saturated carbocycles. The van der Waals surface area contributed by atoms with E-state index in [4.69, 9.17) is 22.9 Å². The van der Waals surface area contributed by atoms with E-state index >= 15 is 0 Å². The largest absolute Gasteiger partial charge is 0.399 e. The molecule has 0 fully saturated rings. The van der Waals surface area contributed by atoms with Crippen LogP contribution < -0.4 is 54.8 Å². The highest BCUT2D eigenvalue weighted by molar-refractivity contribution is 7.80. The number of anilines is 4. The molecule has 8 rings (SSSR count). The Hall–Kier alpha value is -5.66. The highest BCUT2D eigenvalue weighted by Gasteiger charge is 2.28. The van der Waals surface area contributed by atoms with Crippen LogP contribution in [0, 0.1) is 0 Å². The number of nitrogen functional groups attached to an aromatic ring is 4. The molecule has 4 nitrogen and oxygen atoms in total. The van der Waals surface area contributed by atoms with Crippen molar-refractivity contribution in [2.45, 2.75) is 0 Å². The lowest BCUT2D eigenvalue weighted by Gasteiger charge is -2.28. The Bertz CT molecular complexity index is 2190. The predicted molar refractivity (Wildman–Crippen MR) is 222 cm³/mol. The van der Waals surface area contributed by atoms with Crippen LogP contribution in [0.4, 0.5) is 22.7 Å². The maximum Gasteiger partial charge on any atom is 0.0314 e. The summed E-state index contributed by atoms with van der Waals surface area (Å²) in [5.74, 6) is 0. The first-order chi connectivity index (χ1) is 24.4. The number of fused-ring (bicyclic) bond motifs is 2. The fourth-order valence-electron chi connectivity index (χ4n) is 6.77. The van der Waals surface area contributed by atoms with Gasteiger partial charge >= 0.3 is 0 Å². The van der Waals surface area contributed by atoms with Crippen LogP contribution in [0.3, 0.4) is 0 Å². The van der Waals surface area contributed by atoms with Crippen LogP contribution in [-0.2, 0) is 0 Å². The molecule has 8 aromatic rings. The zero-order valence-electron chi connectivity index (χ0n) is 27.4. The Morgan fingerprint density at radius 3 is 0.860 bits per heavy atom. The summed E-state index contributed by atoms with van der Waals surface area (Å²) in [4.78, 5) is 0. The summed E-state index contributed by atoms with van der Waals surface area (Å²) < 4.78 is 0. The van der Waals surface area contributed by atoms with E-state index in [0.29, 0.717) is 0 Å². The minimum Gasteiger partial charge on any atom is -0.399 e. The van der Waals surface area contributed by atoms with Gasteiger partial charge in [0.15, 0.2) is 0 Å². The molecule has 0 radical (unpaired) electrons. The highest BCUT2D eigenvalue weighted by atomic mass is 31.1. The molecular weight excluding hydrogens is 646 g/mol. The van der Waals surface area contributed by atoms with Crippen molar-refractivity contribution >= 4 is 92.0 Å². The van der Waals surface area contributed by atoms with E-state index in [-0.39, 0.29) is 0 Å². The smallest absolute Gasteiger partial charge is 0.0314 e. The molecule has 8 N–H and O–H groups in total. The molecule has 0 aliphatic heterocycles. The number of rotatable bonds is 7. The van der Waals surface area contributed by atoms with Crippen molar-refractivity contribution in [2.75, 3.05) is 22.9 Å². The van der Waals surface area contributed by atoms with E-state index in [1.54, 1.807) is 0 Å². The van der Waals surface area contributed by atoms with E-state index in [0.717, 1.165) is 22.7 Å². The van der Waals surface area contributed by atoms with Gasteiger partial charge < -0.3 is 22.9 Å². The normalized spacial score (nSPS) is 11.5. The van der Waals surface area contributed by atoms with Gasteiger partial charge in [0.1, 0.15) is 0 Å². The average molecular weight is 683 g/mol. The molecule has 0 aromatic heterocycles. The summed E-state index contributed by atoms with van der Waals surface area (Å²) in [6, 6.07) is 60.2. The van der Waals surface area contributed by atoms with Gasteiger partial charge in [-0.25, -0.2) is 0 Å². The van der Waals surface area contributed by atoms with Crippen LogP contribution >= 0.6 is 15.8 Å². The summed E-state index contributed by atoms with van der Waals surface area (Å²) in [7, 11) is -2.06. The Kier molecular flexibility index (Phi) is 8.43. The minimum absolute atomic E-state index is 0.744. The third-order valence-electron chi connectivity index (χ3n) is 9.15. The van der Waals surface area contributed by atoms with E-state index in [2.05, 4.69) is 121 Å². The van der Waals surface area contributed by atoms with Crippen LogP contribution in [0.1, 0.15) is 0 Å². The SMILES string of the molecule is Nc1ccc(P(c2ccc(N)cc2)c2ccc3ccccc3c2-c2c(P(c3ccc(N)cc3)c3ccc(N)cc3)ccc3ccccc23)cc1. The Labute approximate surface area is 294 Å². The molecule has 0 atom stereocenters. The van der Waals surface area contributed by atoms with Gasteiger partial charge in [0.2, 0.25) is 0 Å². The first-order valence-corrected chi connectivity index (χ1v) is 19.2. The van der Waals surface area contributed by atoms with E-state index in [9.17, 15) is 0 Å². The van der Waals surface area contributed by atoms with Crippen molar-refractivity contribution in [3.8, 4) is 11.1 Å². The van der Waals surface area contributed by atoms with Crippen LogP contribution in [0.15, 0.2) is 170 Å². The molecule has 242 valence electrons. The lowest BCUT2D eigenvalue weighted by molar-refractivity contribution is 1.70. The maximum absolute atomic E-state index is 6.24. The summed E-state index contributed by atoms with van der Waals surface area (Å²) in [5.41, 5.74) is 30.4. The van der Waals surface area contributed by atoms with Gasteiger partial charge in [0.05, 0.1) is 0 Å². The number of hydrogen-bond donors (Lipinski definition) is 4. The molecular formula is C44H36N4P2. The summed E-state index contributed by atoms with van der Waals surface area (Å²) >= 11 is 0. The molecule has 0 heterocycles. The molecule has 0 spiro atoms. The van der Waals surface area contributed by atoms with Crippen molar-refractivity contribution < 1.29 is 0 Å². The first kappa shape index (κ1) is 31.6. The molecule has 0 aliphatic rings. The highest BCUT2D eigenvalue weighted by Crippen LogP contribution is 2.46.